The fourth-order valence-electron chi connectivity index (χ4n) is 0.152. The van der Waals surface area contributed by atoms with Crippen LogP contribution in [0.15, 0.2) is 0 Å². The standard InChI is InChI=1S/C4H8O3.Ar/c1-3-4(5)7-6-2;/h3H2,1-2H3;. The van der Waals surface area contributed by atoms with Gasteiger partial charge < -0.3 is 0 Å². The van der Waals surface area contributed by atoms with Crippen LogP contribution in [0.1, 0.15) is 13.3 Å². The van der Waals surface area contributed by atoms with Crippen molar-refractivity contribution in [2.75, 3.05) is 7.11 Å². The number of carbonyl (C=O) groups excluding carboxylic acids is 1. The molecule has 0 fully saturated rings. The quantitative estimate of drug-likeness (QED) is 0.418. The molecule has 50 valence electrons. The first kappa shape index (κ1) is 11.5. The van der Waals surface area contributed by atoms with E-state index in [1.165, 1.54) is 7.11 Å². The van der Waals surface area contributed by atoms with Crippen LogP contribution in [0.3, 0.4) is 0 Å². The van der Waals surface area contributed by atoms with Crippen molar-refractivity contribution in [2.24, 2.45) is 0 Å². The van der Waals surface area contributed by atoms with Crippen LogP contribution in [-0.4, -0.2) is 13.1 Å². The molecule has 0 aromatic heterocycles. The molecule has 0 aliphatic carbocycles. The van der Waals surface area contributed by atoms with Crippen molar-refractivity contribution in [3.8, 4) is 0 Å². The summed E-state index contributed by atoms with van der Waals surface area (Å²) in [6.07, 6.45) is 0.355. The SMILES string of the molecule is CCC(=O)OOC.[Ar]. The van der Waals surface area contributed by atoms with Crippen molar-refractivity contribution in [1.29, 1.82) is 0 Å². The molecule has 0 radical (unpaired) electrons. The Kier molecular flexibility index (Phi) is 11.0. The van der Waals surface area contributed by atoms with Crippen molar-refractivity contribution in [3.05, 3.63) is 0 Å². The van der Waals surface area contributed by atoms with E-state index in [-0.39, 0.29) is 43.7 Å². The Morgan fingerprint density at radius 1 is 1.62 bits per heavy atom. The first-order valence-corrected chi connectivity index (χ1v) is 2.04. The Morgan fingerprint density at radius 2 is 2.12 bits per heavy atom. The van der Waals surface area contributed by atoms with E-state index in [9.17, 15) is 4.79 Å². The minimum absolute atomic E-state index is 0. The second-order valence-corrected chi connectivity index (χ2v) is 0.976. The monoisotopic (exact) mass is 144 g/mol. The van der Waals surface area contributed by atoms with E-state index in [1.807, 2.05) is 0 Å². The molecule has 4 heteroatoms. The Bertz CT molecular complexity index is 64.3. The summed E-state index contributed by atoms with van der Waals surface area (Å²) in [5.74, 6) is -0.345. The molecule has 8 heavy (non-hydrogen) atoms. The molecular weight excluding hydrogens is 136 g/mol. The third kappa shape index (κ3) is 6.69. The normalized spacial score (nSPS) is 7.25. The summed E-state index contributed by atoms with van der Waals surface area (Å²) >= 11 is 0. The molecule has 0 aromatic carbocycles. The van der Waals surface area contributed by atoms with E-state index < -0.39 is 0 Å². The van der Waals surface area contributed by atoms with Gasteiger partial charge in [0.1, 0.15) is 0 Å². The molecule has 0 aliphatic rings. The van der Waals surface area contributed by atoms with Crippen LogP contribution < -0.4 is 0 Å². The third-order valence-electron chi connectivity index (χ3n) is 0.465. The number of carbonyl (C=O) groups is 1. The van der Waals surface area contributed by atoms with Gasteiger partial charge >= 0.3 is 5.97 Å². The van der Waals surface area contributed by atoms with E-state index in [0.29, 0.717) is 6.42 Å². The summed E-state index contributed by atoms with van der Waals surface area (Å²) in [5, 5.41) is 0. The summed E-state index contributed by atoms with van der Waals surface area (Å²) in [6.45, 7) is 1.70. The summed E-state index contributed by atoms with van der Waals surface area (Å²) in [7, 11) is 1.30. The maximum Gasteiger partial charge on any atom is 0.342 e. The molecule has 0 saturated carbocycles. The van der Waals surface area contributed by atoms with Gasteiger partial charge in [0.15, 0.2) is 0 Å². The van der Waals surface area contributed by atoms with Gasteiger partial charge in [0.25, 0.3) is 0 Å². The molecule has 0 bridgehead atoms. The van der Waals surface area contributed by atoms with Gasteiger partial charge in [-0.1, -0.05) is 6.92 Å². The van der Waals surface area contributed by atoms with E-state index in [0.717, 1.165) is 0 Å². The minimum atomic E-state index is -0.345. The molecule has 0 aliphatic heterocycles. The van der Waals surface area contributed by atoms with Crippen LogP contribution in [0.4, 0.5) is 0 Å². The van der Waals surface area contributed by atoms with Gasteiger partial charge in [0, 0.05) is 44.2 Å². The topological polar surface area (TPSA) is 35.5 Å². The fourth-order valence-corrected chi connectivity index (χ4v) is 0.152. The smallest absolute Gasteiger partial charge is 0.299 e. The van der Waals surface area contributed by atoms with Crippen LogP contribution in [-0.2, 0) is 14.6 Å². The first-order chi connectivity index (χ1) is 3.31. The van der Waals surface area contributed by atoms with Gasteiger partial charge in [-0.15, -0.1) is 0 Å². The van der Waals surface area contributed by atoms with E-state index >= 15 is 0 Å². The predicted octanol–water partition coefficient (Wildman–Crippen LogP) is 0.501. The summed E-state index contributed by atoms with van der Waals surface area (Å²) in [6, 6.07) is 0. The van der Waals surface area contributed by atoms with Crippen molar-refractivity contribution in [2.45, 2.75) is 13.3 Å². The van der Waals surface area contributed by atoms with Crippen LogP contribution in [0.5, 0.6) is 0 Å². The van der Waals surface area contributed by atoms with Crippen LogP contribution in [0, 0.1) is 37.7 Å². The molecule has 0 spiro atoms. The molecule has 0 rings (SSSR count). The van der Waals surface area contributed by atoms with Crippen molar-refractivity contribution in [3.63, 3.8) is 0 Å². The largest absolute Gasteiger partial charge is 0.342 e. The fraction of sp³-hybridized carbons (Fsp3) is 0.750. The molecule has 0 N–H and O–H groups in total. The Hall–Kier alpha value is 0.690. The summed E-state index contributed by atoms with van der Waals surface area (Å²) in [4.78, 5) is 18.2. The zero-order chi connectivity index (χ0) is 5.70. The first-order valence-electron chi connectivity index (χ1n) is 2.04. The van der Waals surface area contributed by atoms with Crippen LogP contribution in [0.25, 0.3) is 0 Å². The zero-order valence-corrected chi connectivity index (χ0v) is 5.49. The third-order valence-corrected chi connectivity index (χ3v) is 0.465. The molecule has 0 amide bonds. The number of hydrogen-bond acceptors (Lipinski definition) is 3. The second-order valence-electron chi connectivity index (χ2n) is 0.976. The zero-order valence-electron chi connectivity index (χ0n) is 4.79. The van der Waals surface area contributed by atoms with E-state index in [4.69, 9.17) is 0 Å². The molecule has 3 nitrogen and oxygen atoms in total. The van der Waals surface area contributed by atoms with Crippen LogP contribution in [0.2, 0.25) is 0 Å². The second kappa shape index (κ2) is 7.69. The molecule has 0 saturated heterocycles. The van der Waals surface area contributed by atoms with Gasteiger partial charge in [-0.25, -0.2) is 4.79 Å². The van der Waals surface area contributed by atoms with E-state index in [1.54, 1.807) is 6.92 Å². The number of hydrogen-bond donors (Lipinski definition) is 0. The molecule has 0 atom stereocenters. The van der Waals surface area contributed by atoms with Gasteiger partial charge in [-0.2, -0.15) is 4.89 Å². The molecule has 0 heterocycles. The maximum absolute atomic E-state index is 10.1. The maximum atomic E-state index is 10.1. The van der Waals surface area contributed by atoms with Gasteiger partial charge in [-0.3, -0.25) is 4.89 Å². The van der Waals surface area contributed by atoms with Gasteiger partial charge in [0.05, 0.1) is 7.11 Å². The molecule has 0 unspecified atom stereocenters. The Morgan fingerprint density at radius 3 is 2.25 bits per heavy atom. The van der Waals surface area contributed by atoms with Gasteiger partial charge in [-0.05, 0) is 0 Å². The average Bonchev–Trinajstić information content (AvgIpc) is 1.68. The van der Waals surface area contributed by atoms with E-state index in [2.05, 4.69) is 9.78 Å². The molecule has 0 aromatic rings. The average molecular weight is 144 g/mol. The summed E-state index contributed by atoms with van der Waals surface area (Å²) < 4.78 is 0. The predicted molar refractivity (Wildman–Crippen MR) is 23.4 cm³/mol. The number of rotatable bonds is 2. The van der Waals surface area contributed by atoms with Crippen molar-refractivity contribution in [1.82, 2.24) is 0 Å². The van der Waals surface area contributed by atoms with Gasteiger partial charge in [0.2, 0.25) is 0 Å². The Labute approximate surface area is 78.3 Å². The van der Waals surface area contributed by atoms with Crippen molar-refractivity contribution >= 4 is 5.97 Å². The van der Waals surface area contributed by atoms with Crippen LogP contribution >= 0.6 is 0 Å². The van der Waals surface area contributed by atoms with Crippen molar-refractivity contribution < 1.29 is 52.3 Å². The Balaban J connectivity index is 0. The minimum Gasteiger partial charge on any atom is -0.299 e. The molecular formula is C4H8ArO3. The summed E-state index contributed by atoms with van der Waals surface area (Å²) in [5.41, 5.74) is 0.